The van der Waals surface area contributed by atoms with E-state index >= 15 is 0 Å². The van der Waals surface area contributed by atoms with E-state index in [1.165, 1.54) is 6.42 Å². The number of pyridine rings is 1. The Morgan fingerprint density at radius 1 is 1.03 bits per heavy atom. The predicted octanol–water partition coefficient (Wildman–Crippen LogP) is 6.04. The van der Waals surface area contributed by atoms with Crippen molar-refractivity contribution in [3.63, 3.8) is 0 Å². The SMILES string of the molecule is CC[C@H]1CN[C@H]([C@H](OC(=O)C(C)c2ccccc2)c2ccnc3ccccc23)C[C@@H]1CC. The van der Waals surface area contributed by atoms with Crippen molar-refractivity contribution in [2.45, 2.75) is 58.1 Å². The third kappa shape index (κ3) is 4.71. The van der Waals surface area contributed by atoms with E-state index in [9.17, 15) is 4.79 Å². The van der Waals surface area contributed by atoms with Crippen molar-refractivity contribution in [2.75, 3.05) is 6.54 Å². The van der Waals surface area contributed by atoms with Crippen molar-refractivity contribution in [3.8, 4) is 0 Å². The van der Waals surface area contributed by atoms with Crippen LogP contribution in [0, 0.1) is 11.8 Å². The largest absolute Gasteiger partial charge is 0.455 e. The molecule has 0 spiro atoms. The van der Waals surface area contributed by atoms with Gasteiger partial charge in [-0.3, -0.25) is 9.78 Å². The van der Waals surface area contributed by atoms with Crippen LogP contribution in [0.1, 0.15) is 63.2 Å². The lowest BCUT2D eigenvalue weighted by Crippen LogP contribution is -2.47. The van der Waals surface area contributed by atoms with Crippen molar-refractivity contribution in [2.24, 2.45) is 11.8 Å². The smallest absolute Gasteiger partial charge is 0.313 e. The molecule has 3 aromatic rings. The second-order valence-electron chi connectivity index (χ2n) is 8.99. The Kier molecular flexibility index (Phi) is 7.21. The zero-order chi connectivity index (χ0) is 22.5. The number of rotatable bonds is 7. The normalized spacial score (nSPS) is 22.9. The topological polar surface area (TPSA) is 51.2 Å². The number of fused-ring (bicyclic) bond motifs is 1. The van der Waals surface area contributed by atoms with Crippen LogP contribution in [0.5, 0.6) is 0 Å². The first kappa shape index (κ1) is 22.5. The number of aromatic nitrogens is 1. The van der Waals surface area contributed by atoms with Crippen LogP contribution in [0.4, 0.5) is 0 Å². The summed E-state index contributed by atoms with van der Waals surface area (Å²) in [5.41, 5.74) is 2.94. The van der Waals surface area contributed by atoms with Gasteiger partial charge >= 0.3 is 5.97 Å². The van der Waals surface area contributed by atoms with Gasteiger partial charge in [0.15, 0.2) is 0 Å². The molecule has 4 rings (SSSR count). The number of hydrogen-bond donors (Lipinski definition) is 1. The number of ether oxygens (including phenoxy) is 1. The fourth-order valence-corrected chi connectivity index (χ4v) is 5.11. The average Bonchev–Trinajstić information content (AvgIpc) is 2.86. The lowest BCUT2D eigenvalue weighted by Gasteiger charge is -2.40. The first-order chi connectivity index (χ1) is 15.6. The van der Waals surface area contributed by atoms with Gasteiger partial charge < -0.3 is 10.1 Å². The van der Waals surface area contributed by atoms with Gasteiger partial charge in [-0.15, -0.1) is 0 Å². The monoisotopic (exact) mass is 430 g/mol. The summed E-state index contributed by atoms with van der Waals surface area (Å²) in [4.78, 5) is 17.8. The number of hydrogen-bond acceptors (Lipinski definition) is 4. The molecule has 2 aromatic carbocycles. The van der Waals surface area contributed by atoms with Crippen molar-refractivity contribution in [1.29, 1.82) is 0 Å². The molecule has 1 aromatic heterocycles. The molecule has 0 radical (unpaired) electrons. The van der Waals surface area contributed by atoms with Crippen LogP contribution in [0.25, 0.3) is 10.9 Å². The highest BCUT2D eigenvalue weighted by atomic mass is 16.5. The molecule has 5 atom stereocenters. The number of benzene rings is 2. The van der Waals surface area contributed by atoms with E-state index in [1.807, 2.05) is 67.7 Å². The Balaban J connectivity index is 1.67. The fourth-order valence-electron chi connectivity index (χ4n) is 5.11. The van der Waals surface area contributed by atoms with Gasteiger partial charge in [0.25, 0.3) is 0 Å². The molecule has 0 saturated carbocycles. The third-order valence-corrected chi connectivity index (χ3v) is 7.17. The van der Waals surface area contributed by atoms with Crippen LogP contribution < -0.4 is 5.32 Å². The van der Waals surface area contributed by atoms with Crippen molar-refractivity contribution in [1.82, 2.24) is 10.3 Å². The zero-order valence-electron chi connectivity index (χ0n) is 19.3. The van der Waals surface area contributed by atoms with Gasteiger partial charge in [0, 0.05) is 23.2 Å². The van der Waals surface area contributed by atoms with E-state index in [2.05, 4.69) is 30.2 Å². The molecule has 1 unspecified atom stereocenters. The lowest BCUT2D eigenvalue weighted by molar-refractivity contribution is -0.153. The Hall–Kier alpha value is -2.72. The highest BCUT2D eigenvalue weighted by molar-refractivity contribution is 5.83. The third-order valence-electron chi connectivity index (χ3n) is 7.17. The Bertz CT molecular complexity index is 1030. The van der Waals surface area contributed by atoms with E-state index in [-0.39, 0.29) is 24.0 Å². The standard InChI is InChI=1S/C28H34N2O2/c1-4-20-17-26(30-18-21(20)5-2)27(24-15-16-29-25-14-10-9-13-23(24)25)32-28(31)19(3)22-11-7-6-8-12-22/h6-16,19-21,26-27,30H,4-5,17-18H2,1-3H3/t19?,20-,21-,26-,27+/m0/s1. The summed E-state index contributed by atoms with van der Waals surface area (Å²) >= 11 is 0. The molecule has 32 heavy (non-hydrogen) atoms. The van der Waals surface area contributed by atoms with Crippen molar-refractivity contribution < 1.29 is 9.53 Å². The second kappa shape index (κ2) is 10.3. The van der Waals surface area contributed by atoms with Gasteiger partial charge in [-0.05, 0) is 49.4 Å². The first-order valence-electron chi connectivity index (χ1n) is 11.9. The molecular weight excluding hydrogens is 396 g/mol. The number of nitrogens with zero attached hydrogens (tertiary/aromatic N) is 1. The summed E-state index contributed by atoms with van der Waals surface area (Å²) < 4.78 is 6.33. The van der Waals surface area contributed by atoms with Crippen molar-refractivity contribution >= 4 is 16.9 Å². The summed E-state index contributed by atoms with van der Waals surface area (Å²) in [6, 6.07) is 20.1. The molecular formula is C28H34N2O2. The number of nitrogens with one attached hydrogen (secondary N) is 1. The number of para-hydroxylation sites is 1. The Labute approximate surface area is 191 Å². The van der Waals surface area contributed by atoms with E-state index < -0.39 is 0 Å². The van der Waals surface area contributed by atoms with E-state index in [0.717, 1.165) is 41.4 Å². The molecule has 1 N–H and O–H groups in total. The summed E-state index contributed by atoms with van der Waals surface area (Å²) in [5.74, 6) is 0.799. The van der Waals surface area contributed by atoms with Crippen LogP contribution in [-0.4, -0.2) is 23.5 Å². The molecule has 1 aliphatic heterocycles. The van der Waals surface area contributed by atoms with Gasteiger partial charge in [-0.25, -0.2) is 0 Å². The lowest BCUT2D eigenvalue weighted by atomic mass is 9.77. The highest BCUT2D eigenvalue weighted by Crippen LogP contribution is 2.37. The van der Waals surface area contributed by atoms with Crippen LogP contribution in [0.2, 0.25) is 0 Å². The van der Waals surface area contributed by atoms with Gasteiger partial charge in [0.1, 0.15) is 6.10 Å². The summed E-state index contributed by atoms with van der Waals surface area (Å²) in [6.45, 7) is 7.43. The zero-order valence-corrected chi connectivity index (χ0v) is 19.3. The number of carbonyl (C=O) groups is 1. The van der Waals surface area contributed by atoms with Gasteiger partial charge in [0.05, 0.1) is 11.4 Å². The van der Waals surface area contributed by atoms with E-state index in [0.29, 0.717) is 11.8 Å². The van der Waals surface area contributed by atoms with Crippen LogP contribution >= 0.6 is 0 Å². The average molecular weight is 431 g/mol. The molecule has 0 amide bonds. The minimum atomic E-state index is -0.353. The molecule has 1 saturated heterocycles. The van der Waals surface area contributed by atoms with E-state index in [4.69, 9.17) is 4.74 Å². The Morgan fingerprint density at radius 2 is 1.75 bits per heavy atom. The van der Waals surface area contributed by atoms with Crippen molar-refractivity contribution in [3.05, 3.63) is 78.0 Å². The summed E-state index contributed by atoms with van der Waals surface area (Å²) in [6.07, 6.45) is 4.80. The summed E-state index contributed by atoms with van der Waals surface area (Å²) in [7, 11) is 0. The molecule has 2 heterocycles. The second-order valence-corrected chi connectivity index (χ2v) is 8.99. The maximum Gasteiger partial charge on any atom is 0.313 e. The maximum absolute atomic E-state index is 13.3. The minimum Gasteiger partial charge on any atom is -0.455 e. The van der Waals surface area contributed by atoms with Gasteiger partial charge in [0.2, 0.25) is 0 Å². The summed E-state index contributed by atoms with van der Waals surface area (Å²) in [5, 5.41) is 4.78. The minimum absolute atomic E-state index is 0.0838. The van der Waals surface area contributed by atoms with Crippen LogP contribution in [0.3, 0.4) is 0 Å². The molecule has 0 bridgehead atoms. The van der Waals surface area contributed by atoms with Gasteiger partial charge in [-0.1, -0.05) is 75.2 Å². The molecule has 4 nitrogen and oxygen atoms in total. The number of piperidine rings is 1. The first-order valence-corrected chi connectivity index (χ1v) is 11.9. The van der Waals surface area contributed by atoms with Crippen LogP contribution in [-0.2, 0) is 9.53 Å². The molecule has 4 heteroatoms. The maximum atomic E-state index is 13.3. The molecule has 1 aliphatic rings. The molecule has 1 fully saturated rings. The quantitative estimate of drug-likeness (QED) is 0.465. The fraction of sp³-hybridized carbons (Fsp3) is 0.429. The highest BCUT2D eigenvalue weighted by Gasteiger charge is 2.36. The van der Waals surface area contributed by atoms with E-state index in [1.54, 1.807) is 0 Å². The van der Waals surface area contributed by atoms with Crippen LogP contribution in [0.15, 0.2) is 66.9 Å². The predicted molar refractivity (Wildman–Crippen MR) is 129 cm³/mol. The Morgan fingerprint density at radius 3 is 2.50 bits per heavy atom. The number of esters is 1. The number of carbonyl (C=O) groups excluding carboxylic acids is 1. The van der Waals surface area contributed by atoms with Gasteiger partial charge in [-0.2, -0.15) is 0 Å². The molecule has 0 aliphatic carbocycles. The molecule has 168 valence electrons.